The zero-order valence-corrected chi connectivity index (χ0v) is 13.5. The lowest BCUT2D eigenvalue weighted by atomic mass is 9.77. The molecule has 0 saturated carbocycles. The first kappa shape index (κ1) is 17.5. The first-order valence-electron chi connectivity index (χ1n) is 7.13. The Morgan fingerprint density at radius 1 is 1.40 bits per heavy atom. The zero-order chi connectivity index (χ0) is 14.1. The lowest BCUT2D eigenvalue weighted by Crippen LogP contribution is -2.45. The molecule has 1 spiro atoms. The first-order chi connectivity index (χ1) is 8.84. The molecule has 0 bridgehead atoms. The van der Waals surface area contributed by atoms with Crippen molar-refractivity contribution in [2.75, 3.05) is 26.2 Å². The number of carbonyl (C=O) groups is 1. The van der Waals surface area contributed by atoms with Gasteiger partial charge in [0.25, 0.3) is 0 Å². The summed E-state index contributed by atoms with van der Waals surface area (Å²) < 4.78 is 11.1. The Labute approximate surface area is 127 Å². The van der Waals surface area contributed by atoms with E-state index in [2.05, 4.69) is 0 Å². The molecule has 5 nitrogen and oxygen atoms in total. The van der Waals surface area contributed by atoms with Crippen LogP contribution in [0.25, 0.3) is 0 Å². The molecule has 2 aliphatic rings. The minimum atomic E-state index is -0.423. The van der Waals surface area contributed by atoms with Crippen molar-refractivity contribution in [1.82, 2.24) is 4.90 Å². The lowest BCUT2D eigenvalue weighted by Gasteiger charge is -2.38. The molecule has 1 amide bonds. The van der Waals surface area contributed by atoms with E-state index in [4.69, 9.17) is 15.2 Å². The summed E-state index contributed by atoms with van der Waals surface area (Å²) in [4.78, 5) is 13.8. The molecule has 2 N–H and O–H groups in total. The van der Waals surface area contributed by atoms with Gasteiger partial charge in [0.15, 0.2) is 0 Å². The van der Waals surface area contributed by atoms with Crippen molar-refractivity contribution in [3.05, 3.63) is 0 Å². The maximum atomic E-state index is 12.0. The van der Waals surface area contributed by atoms with Crippen LogP contribution in [0.4, 0.5) is 4.79 Å². The van der Waals surface area contributed by atoms with Crippen molar-refractivity contribution in [1.29, 1.82) is 0 Å². The van der Waals surface area contributed by atoms with Gasteiger partial charge in [-0.3, -0.25) is 0 Å². The molecule has 2 fully saturated rings. The molecule has 0 aromatic heterocycles. The Morgan fingerprint density at radius 3 is 2.45 bits per heavy atom. The minimum Gasteiger partial charge on any atom is -0.444 e. The van der Waals surface area contributed by atoms with E-state index in [1.54, 1.807) is 0 Å². The predicted octanol–water partition coefficient (Wildman–Crippen LogP) is 2.17. The first-order valence-corrected chi connectivity index (χ1v) is 7.13. The third kappa shape index (κ3) is 4.24. The number of nitrogens with zero attached hydrogens (tertiary/aromatic N) is 1. The topological polar surface area (TPSA) is 64.8 Å². The van der Waals surface area contributed by atoms with Crippen LogP contribution < -0.4 is 5.73 Å². The third-order valence-electron chi connectivity index (χ3n) is 4.02. The summed E-state index contributed by atoms with van der Waals surface area (Å²) in [7, 11) is 0. The highest BCUT2D eigenvalue weighted by atomic mass is 35.5. The van der Waals surface area contributed by atoms with Crippen LogP contribution in [0.5, 0.6) is 0 Å². The van der Waals surface area contributed by atoms with E-state index in [0.717, 1.165) is 39.0 Å². The van der Waals surface area contributed by atoms with Crippen LogP contribution in [-0.4, -0.2) is 48.9 Å². The van der Waals surface area contributed by atoms with Crippen molar-refractivity contribution >= 4 is 18.5 Å². The second-order valence-electron chi connectivity index (χ2n) is 6.84. The van der Waals surface area contributed by atoms with Crippen LogP contribution >= 0.6 is 12.4 Å². The van der Waals surface area contributed by atoms with E-state index in [1.807, 2.05) is 25.7 Å². The Kier molecular flexibility index (Phi) is 5.70. The minimum absolute atomic E-state index is 0. The van der Waals surface area contributed by atoms with Gasteiger partial charge in [-0.15, -0.1) is 12.4 Å². The second kappa shape index (κ2) is 6.50. The summed E-state index contributed by atoms with van der Waals surface area (Å²) in [6.07, 6.45) is 3.02. The monoisotopic (exact) mass is 306 g/mol. The number of likely N-dealkylation sites (tertiary alicyclic amines) is 1. The fourth-order valence-corrected chi connectivity index (χ4v) is 2.89. The predicted molar refractivity (Wildman–Crippen MR) is 80.1 cm³/mol. The Morgan fingerprint density at radius 2 is 2.00 bits per heavy atom. The van der Waals surface area contributed by atoms with Crippen LogP contribution in [0.15, 0.2) is 0 Å². The third-order valence-corrected chi connectivity index (χ3v) is 4.02. The lowest BCUT2D eigenvalue weighted by molar-refractivity contribution is 0.00794. The normalized spacial score (nSPS) is 25.4. The van der Waals surface area contributed by atoms with Gasteiger partial charge < -0.3 is 20.1 Å². The number of halogens is 1. The number of hydrogen-bond donors (Lipinski definition) is 1. The molecule has 2 heterocycles. The fraction of sp³-hybridized carbons (Fsp3) is 0.929. The summed E-state index contributed by atoms with van der Waals surface area (Å²) in [6, 6.07) is 0. The van der Waals surface area contributed by atoms with E-state index >= 15 is 0 Å². The summed E-state index contributed by atoms with van der Waals surface area (Å²) >= 11 is 0. The van der Waals surface area contributed by atoms with Gasteiger partial charge in [0.1, 0.15) is 5.60 Å². The molecular formula is C14H27ClN2O3. The molecule has 2 rings (SSSR count). The molecule has 1 atom stereocenters. The van der Waals surface area contributed by atoms with E-state index in [0.29, 0.717) is 6.54 Å². The zero-order valence-electron chi connectivity index (χ0n) is 12.7. The summed E-state index contributed by atoms with van der Waals surface area (Å²) in [5.74, 6) is 0. The molecule has 0 radical (unpaired) electrons. The van der Waals surface area contributed by atoms with Crippen LogP contribution in [0.1, 0.15) is 40.0 Å². The number of carbonyl (C=O) groups excluding carboxylic acids is 1. The molecule has 2 saturated heterocycles. The SMILES string of the molecule is CC(C)(C)OC(=O)N1CCC2(CC1)COC(CN)C2.Cl. The smallest absolute Gasteiger partial charge is 0.410 e. The van der Waals surface area contributed by atoms with Crippen LogP contribution in [0, 0.1) is 5.41 Å². The number of rotatable bonds is 1. The van der Waals surface area contributed by atoms with Crippen LogP contribution in [-0.2, 0) is 9.47 Å². The van der Waals surface area contributed by atoms with Crippen molar-refractivity contribution in [3.8, 4) is 0 Å². The van der Waals surface area contributed by atoms with Gasteiger partial charge in [-0.2, -0.15) is 0 Å². The number of piperidine rings is 1. The highest BCUT2D eigenvalue weighted by molar-refractivity contribution is 5.85. The average molecular weight is 307 g/mol. The molecule has 20 heavy (non-hydrogen) atoms. The standard InChI is InChI=1S/C14H26N2O3.ClH/c1-13(2,3)19-12(17)16-6-4-14(5-7-16)8-11(9-15)18-10-14;/h11H,4-10,15H2,1-3H3;1H. The molecule has 2 aliphatic heterocycles. The fourth-order valence-electron chi connectivity index (χ4n) is 2.89. The highest BCUT2D eigenvalue weighted by Crippen LogP contribution is 2.41. The number of ether oxygens (including phenoxy) is 2. The molecule has 6 heteroatoms. The molecule has 0 aromatic rings. The van der Waals surface area contributed by atoms with Crippen molar-refractivity contribution < 1.29 is 14.3 Å². The van der Waals surface area contributed by atoms with Crippen molar-refractivity contribution in [2.24, 2.45) is 11.1 Å². The van der Waals surface area contributed by atoms with Gasteiger partial charge in [-0.1, -0.05) is 0 Å². The summed E-state index contributed by atoms with van der Waals surface area (Å²) in [6.45, 7) is 8.59. The van der Waals surface area contributed by atoms with Gasteiger partial charge in [-0.25, -0.2) is 4.79 Å². The summed E-state index contributed by atoms with van der Waals surface area (Å²) in [5.41, 5.74) is 5.47. The molecular weight excluding hydrogens is 280 g/mol. The van der Waals surface area contributed by atoms with Gasteiger partial charge in [0.2, 0.25) is 0 Å². The van der Waals surface area contributed by atoms with Crippen LogP contribution in [0.3, 0.4) is 0 Å². The Hall–Kier alpha value is -0.520. The summed E-state index contributed by atoms with van der Waals surface area (Å²) in [5, 5.41) is 0. The van der Waals surface area contributed by atoms with Gasteiger partial charge >= 0.3 is 6.09 Å². The van der Waals surface area contributed by atoms with E-state index in [9.17, 15) is 4.79 Å². The van der Waals surface area contributed by atoms with Gasteiger partial charge in [0.05, 0.1) is 12.7 Å². The molecule has 118 valence electrons. The highest BCUT2D eigenvalue weighted by Gasteiger charge is 2.43. The van der Waals surface area contributed by atoms with Crippen LogP contribution in [0.2, 0.25) is 0 Å². The number of hydrogen-bond acceptors (Lipinski definition) is 4. The number of nitrogens with two attached hydrogens (primary N) is 1. The molecule has 0 aliphatic carbocycles. The van der Waals surface area contributed by atoms with Crippen molar-refractivity contribution in [2.45, 2.75) is 51.7 Å². The van der Waals surface area contributed by atoms with E-state index in [-0.39, 0.29) is 30.0 Å². The van der Waals surface area contributed by atoms with Gasteiger partial charge in [0, 0.05) is 19.6 Å². The number of amides is 1. The Balaban J connectivity index is 0.00000200. The van der Waals surface area contributed by atoms with Crippen molar-refractivity contribution in [3.63, 3.8) is 0 Å². The Bertz CT molecular complexity index is 336. The maximum absolute atomic E-state index is 12.0. The second-order valence-corrected chi connectivity index (χ2v) is 6.84. The quantitative estimate of drug-likeness (QED) is 0.806. The van der Waals surface area contributed by atoms with E-state index in [1.165, 1.54) is 0 Å². The largest absolute Gasteiger partial charge is 0.444 e. The average Bonchev–Trinajstić information content (AvgIpc) is 2.71. The van der Waals surface area contributed by atoms with Gasteiger partial charge in [-0.05, 0) is 45.4 Å². The van der Waals surface area contributed by atoms with E-state index < -0.39 is 5.60 Å². The maximum Gasteiger partial charge on any atom is 0.410 e. The molecule has 0 aromatic carbocycles. The molecule has 1 unspecified atom stereocenters.